The van der Waals surface area contributed by atoms with Crippen LogP contribution in [0.15, 0.2) is 18.2 Å². The lowest BCUT2D eigenvalue weighted by Gasteiger charge is -2.38. The van der Waals surface area contributed by atoms with Gasteiger partial charge in [0.15, 0.2) is 11.5 Å². The minimum Gasteiger partial charge on any atom is -0.493 e. The van der Waals surface area contributed by atoms with E-state index in [9.17, 15) is 9.90 Å². The van der Waals surface area contributed by atoms with Gasteiger partial charge in [0.05, 0.1) is 24.9 Å². The SMILES string of the molecule is CCOc1ccc(C(=O)NC(C)(C)C(C)(C)O)cc1OC. The first kappa shape index (κ1) is 17.3. The molecule has 0 radical (unpaired) electrons. The van der Waals surface area contributed by atoms with Crippen molar-refractivity contribution in [1.82, 2.24) is 5.32 Å². The van der Waals surface area contributed by atoms with E-state index in [1.807, 2.05) is 6.92 Å². The molecule has 0 spiro atoms. The number of ether oxygens (including phenoxy) is 2. The molecule has 0 saturated heterocycles. The van der Waals surface area contributed by atoms with Crippen LogP contribution < -0.4 is 14.8 Å². The topological polar surface area (TPSA) is 67.8 Å². The summed E-state index contributed by atoms with van der Waals surface area (Å²) < 4.78 is 10.7. The van der Waals surface area contributed by atoms with E-state index in [0.717, 1.165) is 0 Å². The van der Waals surface area contributed by atoms with Gasteiger partial charge in [-0.15, -0.1) is 0 Å². The monoisotopic (exact) mass is 295 g/mol. The van der Waals surface area contributed by atoms with Gasteiger partial charge in [-0.2, -0.15) is 0 Å². The number of hydrogen-bond donors (Lipinski definition) is 2. The number of methoxy groups -OCH3 is 1. The van der Waals surface area contributed by atoms with E-state index >= 15 is 0 Å². The summed E-state index contributed by atoms with van der Waals surface area (Å²) in [5.74, 6) is 0.826. The Morgan fingerprint density at radius 3 is 2.33 bits per heavy atom. The summed E-state index contributed by atoms with van der Waals surface area (Å²) in [7, 11) is 1.53. The number of aliphatic hydroxyl groups is 1. The molecule has 1 amide bonds. The van der Waals surface area contributed by atoms with Crippen molar-refractivity contribution in [3.63, 3.8) is 0 Å². The maximum absolute atomic E-state index is 12.3. The Morgan fingerprint density at radius 2 is 1.86 bits per heavy atom. The first-order chi connectivity index (χ1) is 9.62. The highest BCUT2D eigenvalue weighted by Gasteiger charge is 2.36. The zero-order valence-corrected chi connectivity index (χ0v) is 13.6. The largest absolute Gasteiger partial charge is 0.493 e. The molecule has 0 atom stereocenters. The third-order valence-corrected chi connectivity index (χ3v) is 3.68. The molecule has 1 aromatic carbocycles. The predicted octanol–water partition coefficient (Wildman–Crippen LogP) is 2.37. The molecule has 5 heteroatoms. The summed E-state index contributed by atoms with van der Waals surface area (Å²) in [5, 5.41) is 12.9. The number of benzene rings is 1. The van der Waals surface area contributed by atoms with Gasteiger partial charge in [0.25, 0.3) is 5.91 Å². The Morgan fingerprint density at radius 1 is 1.24 bits per heavy atom. The summed E-state index contributed by atoms with van der Waals surface area (Å²) in [6.07, 6.45) is 0. The van der Waals surface area contributed by atoms with Crippen molar-refractivity contribution in [3.05, 3.63) is 23.8 Å². The number of hydrogen-bond acceptors (Lipinski definition) is 4. The fourth-order valence-corrected chi connectivity index (χ4v) is 1.59. The second kappa shape index (κ2) is 6.35. The van der Waals surface area contributed by atoms with Crippen LogP contribution in [-0.2, 0) is 0 Å². The molecular formula is C16H25NO4. The number of rotatable bonds is 6. The number of carbonyl (C=O) groups is 1. The molecule has 0 aliphatic rings. The van der Waals surface area contributed by atoms with E-state index in [1.54, 1.807) is 45.9 Å². The lowest BCUT2D eigenvalue weighted by Crippen LogP contribution is -2.57. The van der Waals surface area contributed by atoms with Crippen molar-refractivity contribution >= 4 is 5.91 Å². The summed E-state index contributed by atoms with van der Waals surface area (Å²) in [5.41, 5.74) is -1.36. The predicted molar refractivity (Wildman–Crippen MR) is 82.0 cm³/mol. The Bertz CT molecular complexity index is 503. The zero-order chi connectivity index (χ0) is 16.3. The Hall–Kier alpha value is -1.75. The van der Waals surface area contributed by atoms with Crippen LogP contribution in [0.2, 0.25) is 0 Å². The fraction of sp³-hybridized carbons (Fsp3) is 0.562. The summed E-state index contributed by atoms with van der Waals surface area (Å²) in [6, 6.07) is 5.00. The Kier molecular flexibility index (Phi) is 5.23. The molecular weight excluding hydrogens is 270 g/mol. The maximum atomic E-state index is 12.3. The van der Waals surface area contributed by atoms with Crippen LogP contribution >= 0.6 is 0 Å². The first-order valence-corrected chi connectivity index (χ1v) is 6.98. The van der Waals surface area contributed by atoms with Gasteiger partial charge >= 0.3 is 0 Å². The minimum absolute atomic E-state index is 0.275. The molecule has 5 nitrogen and oxygen atoms in total. The van der Waals surface area contributed by atoms with Crippen molar-refractivity contribution in [3.8, 4) is 11.5 Å². The van der Waals surface area contributed by atoms with Gasteiger partial charge in [-0.1, -0.05) is 0 Å². The second-order valence-corrected chi connectivity index (χ2v) is 5.94. The average Bonchev–Trinajstić information content (AvgIpc) is 2.37. The molecule has 1 aromatic rings. The van der Waals surface area contributed by atoms with Gasteiger partial charge in [-0.05, 0) is 52.8 Å². The molecule has 0 heterocycles. The van der Waals surface area contributed by atoms with E-state index in [4.69, 9.17) is 9.47 Å². The van der Waals surface area contributed by atoms with Crippen molar-refractivity contribution in [1.29, 1.82) is 0 Å². The van der Waals surface area contributed by atoms with Gasteiger partial charge in [-0.25, -0.2) is 0 Å². The molecule has 0 saturated carbocycles. The highest BCUT2D eigenvalue weighted by molar-refractivity contribution is 5.95. The average molecular weight is 295 g/mol. The smallest absolute Gasteiger partial charge is 0.251 e. The molecule has 0 aliphatic heterocycles. The van der Waals surface area contributed by atoms with E-state index in [1.165, 1.54) is 7.11 Å². The highest BCUT2D eigenvalue weighted by atomic mass is 16.5. The van der Waals surface area contributed by atoms with Crippen LogP contribution in [0, 0.1) is 0 Å². The normalized spacial score (nSPS) is 12.0. The van der Waals surface area contributed by atoms with Crippen molar-refractivity contribution in [2.45, 2.75) is 45.8 Å². The molecule has 0 bridgehead atoms. The van der Waals surface area contributed by atoms with Gasteiger partial charge in [0, 0.05) is 5.56 Å². The quantitative estimate of drug-likeness (QED) is 0.845. The Labute approximate surface area is 126 Å². The fourth-order valence-electron chi connectivity index (χ4n) is 1.59. The van der Waals surface area contributed by atoms with Gasteiger partial charge < -0.3 is 19.9 Å². The van der Waals surface area contributed by atoms with Crippen LogP contribution in [0.3, 0.4) is 0 Å². The van der Waals surface area contributed by atoms with Gasteiger partial charge in [-0.3, -0.25) is 4.79 Å². The molecule has 0 aromatic heterocycles. The Balaban J connectivity index is 2.99. The van der Waals surface area contributed by atoms with E-state index in [2.05, 4.69) is 5.32 Å². The lowest BCUT2D eigenvalue weighted by molar-refractivity contribution is -0.00293. The number of nitrogens with one attached hydrogen (secondary N) is 1. The lowest BCUT2D eigenvalue weighted by atomic mass is 9.85. The minimum atomic E-state index is -1.04. The van der Waals surface area contributed by atoms with Gasteiger partial charge in [0.2, 0.25) is 0 Å². The second-order valence-electron chi connectivity index (χ2n) is 5.94. The third-order valence-electron chi connectivity index (χ3n) is 3.68. The molecule has 0 unspecified atom stereocenters. The molecule has 0 aliphatic carbocycles. The van der Waals surface area contributed by atoms with Crippen LogP contribution in [0.1, 0.15) is 45.0 Å². The van der Waals surface area contributed by atoms with Crippen molar-refractivity contribution in [2.75, 3.05) is 13.7 Å². The molecule has 1 rings (SSSR count). The van der Waals surface area contributed by atoms with Crippen molar-refractivity contribution in [2.24, 2.45) is 0 Å². The standard InChI is InChI=1S/C16H25NO4/c1-7-21-12-9-8-11(10-13(12)20-6)14(18)17-15(2,3)16(4,5)19/h8-10,19H,7H2,1-6H3,(H,17,18). The number of carbonyl (C=O) groups excluding carboxylic acids is 1. The summed E-state index contributed by atoms with van der Waals surface area (Å²) >= 11 is 0. The summed E-state index contributed by atoms with van der Waals surface area (Å²) in [6.45, 7) is 9.27. The molecule has 2 N–H and O–H groups in total. The van der Waals surface area contributed by atoms with Crippen LogP contribution in [0.25, 0.3) is 0 Å². The highest BCUT2D eigenvalue weighted by Crippen LogP contribution is 2.28. The van der Waals surface area contributed by atoms with E-state index < -0.39 is 11.1 Å². The zero-order valence-electron chi connectivity index (χ0n) is 13.6. The van der Waals surface area contributed by atoms with Crippen LogP contribution in [-0.4, -0.2) is 35.9 Å². The van der Waals surface area contributed by atoms with Crippen molar-refractivity contribution < 1.29 is 19.4 Å². The molecule has 21 heavy (non-hydrogen) atoms. The number of amides is 1. The first-order valence-electron chi connectivity index (χ1n) is 6.98. The van der Waals surface area contributed by atoms with Gasteiger partial charge in [0.1, 0.15) is 0 Å². The summed E-state index contributed by atoms with van der Waals surface area (Å²) in [4.78, 5) is 12.3. The van der Waals surface area contributed by atoms with Crippen LogP contribution in [0.5, 0.6) is 11.5 Å². The molecule has 118 valence electrons. The maximum Gasteiger partial charge on any atom is 0.251 e. The molecule has 0 fully saturated rings. The van der Waals surface area contributed by atoms with E-state index in [0.29, 0.717) is 23.7 Å². The van der Waals surface area contributed by atoms with E-state index in [-0.39, 0.29) is 5.91 Å². The van der Waals surface area contributed by atoms with Crippen LogP contribution in [0.4, 0.5) is 0 Å². The third kappa shape index (κ3) is 4.11.